The number of hydrogen-bond donors (Lipinski definition) is 0. The summed E-state index contributed by atoms with van der Waals surface area (Å²) in [6, 6.07) is 0. The number of hydrogen-bond acceptors (Lipinski definition) is 1. The zero-order valence-electron chi connectivity index (χ0n) is 10.2. The third-order valence-electron chi connectivity index (χ3n) is 3.20. The van der Waals surface area contributed by atoms with E-state index in [1.165, 1.54) is 17.6 Å². The van der Waals surface area contributed by atoms with Gasteiger partial charge in [0.1, 0.15) is 6.29 Å². The van der Waals surface area contributed by atoms with Gasteiger partial charge in [0.25, 0.3) is 0 Å². The third-order valence-corrected chi connectivity index (χ3v) is 3.20. The summed E-state index contributed by atoms with van der Waals surface area (Å²) in [6.07, 6.45) is 7.75. The van der Waals surface area contributed by atoms with E-state index in [1.54, 1.807) is 0 Å². The Labute approximate surface area is 93.3 Å². The molecular weight excluding hydrogens is 184 g/mol. The van der Waals surface area contributed by atoms with Crippen molar-refractivity contribution in [3.8, 4) is 0 Å². The fourth-order valence-electron chi connectivity index (χ4n) is 2.12. The number of carbonyl (C=O) groups excluding carboxylic acids is 1. The molecule has 84 valence electrons. The molecule has 1 atom stereocenters. The lowest BCUT2D eigenvalue weighted by molar-refractivity contribution is -0.114. The van der Waals surface area contributed by atoms with Crippen molar-refractivity contribution in [2.75, 3.05) is 0 Å². The Kier molecular flexibility index (Phi) is 3.90. The number of rotatable bonds is 4. The molecule has 1 aliphatic carbocycles. The molecule has 0 aliphatic heterocycles. The van der Waals surface area contributed by atoms with E-state index in [9.17, 15) is 4.79 Å². The highest BCUT2D eigenvalue weighted by atomic mass is 16.1. The Morgan fingerprint density at radius 2 is 2.33 bits per heavy atom. The van der Waals surface area contributed by atoms with Crippen LogP contribution in [0.2, 0.25) is 0 Å². The van der Waals surface area contributed by atoms with Crippen molar-refractivity contribution < 1.29 is 4.79 Å². The molecule has 0 heterocycles. The molecule has 0 fully saturated rings. The SMILES string of the molecule is C=C(C)[C@@H]1CC=C(CC(C)(C)C=O)CC1. The van der Waals surface area contributed by atoms with Gasteiger partial charge in [0.2, 0.25) is 0 Å². The fourth-order valence-corrected chi connectivity index (χ4v) is 2.12. The fraction of sp³-hybridized carbons (Fsp3) is 0.643. The van der Waals surface area contributed by atoms with Gasteiger partial charge in [0, 0.05) is 5.41 Å². The zero-order chi connectivity index (χ0) is 11.5. The van der Waals surface area contributed by atoms with Gasteiger partial charge in [0.05, 0.1) is 0 Å². The summed E-state index contributed by atoms with van der Waals surface area (Å²) in [5.41, 5.74) is 2.55. The highest BCUT2D eigenvalue weighted by molar-refractivity contribution is 5.58. The van der Waals surface area contributed by atoms with Gasteiger partial charge < -0.3 is 4.79 Å². The minimum absolute atomic E-state index is 0.193. The van der Waals surface area contributed by atoms with Gasteiger partial charge in [-0.15, -0.1) is 0 Å². The van der Waals surface area contributed by atoms with Crippen molar-refractivity contribution in [3.05, 3.63) is 23.8 Å². The maximum absolute atomic E-state index is 10.8. The lowest BCUT2D eigenvalue weighted by Gasteiger charge is -2.25. The number of carbonyl (C=O) groups is 1. The average molecular weight is 206 g/mol. The number of aldehydes is 1. The Morgan fingerprint density at radius 3 is 2.73 bits per heavy atom. The first-order valence-electron chi connectivity index (χ1n) is 5.74. The molecule has 0 radical (unpaired) electrons. The van der Waals surface area contributed by atoms with E-state index >= 15 is 0 Å². The zero-order valence-corrected chi connectivity index (χ0v) is 10.2. The quantitative estimate of drug-likeness (QED) is 0.503. The molecule has 1 aliphatic rings. The van der Waals surface area contributed by atoms with Crippen molar-refractivity contribution in [2.24, 2.45) is 11.3 Å². The van der Waals surface area contributed by atoms with Crippen molar-refractivity contribution in [1.82, 2.24) is 0 Å². The van der Waals surface area contributed by atoms with E-state index in [0.717, 1.165) is 25.5 Å². The van der Waals surface area contributed by atoms with E-state index in [4.69, 9.17) is 0 Å². The normalized spacial score (nSPS) is 22.1. The van der Waals surface area contributed by atoms with Crippen LogP contribution in [-0.4, -0.2) is 6.29 Å². The van der Waals surface area contributed by atoms with Crippen molar-refractivity contribution in [3.63, 3.8) is 0 Å². The van der Waals surface area contributed by atoms with Crippen LogP contribution in [0.15, 0.2) is 23.8 Å². The summed E-state index contributed by atoms with van der Waals surface area (Å²) in [4.78, 5) is 10.8. The van der Waals surface area contributed by atoms with Gasteiger partial charge >= 0.3 is 0 Å². The summed E-state index contributed by atoms with van der Waals surface area (Å²) in [5, 5.41) is 0. The van der Waals surface area contributed by atoms with E-state index < -0.39 is 0 Å². The van der Waals surface area contributed by atoms with Crippen LogP contribution < -0.4 is 0 Å². The topological polar surface area (TPSA) is 17.1 Å². The van der Waals surface area contributed by atoms with Crippen LogP contribution >= 0.6 is 0 Å². The molecule has 0 saturated carbocycles. The lowest BCUT2D eigenvalue weighted by Crippen LogP contribution is -2.16. The van der Waals surface area contributed by atoms with Crippen molar-refractivity contribution in [2.45, 2.75) is 46.5 Å². The maximum Gasteiger partial charge on any atom is 0.125 e. The molecule has 1 rings (SSSR count). The molecular formula is C14H22O. The third kappa shape index (κ3) is 3.65. The smallest absolute Gasteiger partial charge is 0.125 e. The maximum atomic E-state index is 10.8. The molecule has 1 nitrogen and oxygen atoms in total. The van der Waals surface area contributed by atoms with E-state index in [-0.39, 0.29) is 5.41 Å². The molecule has 0 aromatic heterocycles. The Morgan fingerprint density at radius 1 is 1.67 bits per heavy atom. The summed E-state index contributed by atoms with van der Waals surface area (Å²) >= 11 is 0. The van der Waals surface area contributed by atoms with Gasteiger partial charge in [-0.25, -0.2) is 0 Å². The Bertz CT molecular complexity index is 284. The van der Waals surface area contributed by atoms with Crippen LogP contribution in [0.5, 0.6) is 0 Å². The van der Waals surface area contributed by atoms with Gasteiger partial charge in [-0.05, 0) is 38.5 Å². The summed E-state index contributed by atoms with van der Waals surface area (Å²) in [7, 11) is 0. The molecule has 0 spiro atoms. The van der Waals surface area contributed by atoms with Crippen LogP contribution in [0, 0.1) is 11.3 Å². The predicted octanol–water partition coefficient (Wildman–Crippen LogP) is 3.90. The molecule has 0 saturated heterocycles. The van der Waals surface area contributed by atoms with Gasteiger partial charge in [0.15, 0.2) is 0 Å². The molecule has 0 amide bonds. The summed E-state index contributed by atoms with van der Waals surface area (Å²) < 4.78 is 0. The van der Waals surface area contributed by atoms with E-state index in [2.05, 4.69) is 19.6 Å². The summed E-state index contributed by atoms with van der Waals surface area (Å²) in [6.45, 7) is 10.1. The van der Waals surface area contributed by atoms with E-state index in [0.29, 0.717) is 5.92 Å². The molecule has 1 heteroatoms. The highest BCUT2D eigenvalue weighted by Gasteiger charge is 2.21. The Balaban J connectivity index is 2.54. The molecule has 0 aromatic carbocycles. The molecule has 0 bridgehead atoms. The van der Waals surface area contributed by atoms with Gasteiger partial charge in [-0.3, -0.25) is 0 Å². The second kappa shape index (κ2) is 4.78. The first-order chi connectivity index (χ1) is 6.94. The first kappa shape index (κ1) is 12.2. The molecule has 0 N–H and O–H groups in total. The standard InChI is InChI=1S/C14H22O/c1-11(2)13-7-5-12(6-8-13)9-14(3,4)10-15/h5,10,13H,1,6-9H2,2-4H3/t13-/m1/s1. The monoisotopic (exact) mass is 206 g/mol. The van der Waals surface area contributed by atoms with Crippen LogP contribution in [0.25, 0.3) is 0 Å². The average Bonchev–Trinajstić information content (AvgIpc) is 2.18. The van der Waals surface area contributed by atoms with Crippen LogP contribution in [0.1, 0.15) is 46.5 Å². The van der Waals surface area contributed by atoms with Crippen LogP contribution in [0.3, 0.4) is 0 Å². The second-order valence-corrected chi connectivity index (χ2v) is 5.46. The first-order valence-corrected chi connectivity index (χ1v) is 5.74. The second-order valence-electron chi connectivity index (χ2n) is 5.46. The van der Waals surface area contributed by atoms with Gasteiger partial charge in [-0.1, -0.05) is 37.6 Å². The highest BCUT2D eigenvalue weighted by Crippen LogP contribution is 2.33. The molecule has 0 unspecified atom stereocenters. The lowest BCUT2D eigenvalue weighted by atomic mass is 9.79. The molecule has 0 aromatic rings. The van der Waals surface area contributed by atoms with Crippen molar-refractivity contribution in [1.29, 1.82) is 0 Å². The number of allylic oxidation sites excluding steroid dienone is 3. The van der Waals surface area contributed by atoms with Crippen LogP contribution in [-0.2, 0) is 4.79 Å². The van der Waals surface area contributed by atoms with Gasteiger partial charge in [-0.2, -0.15) is 0 Å². The minimum atomic E-state index is -0.193. The van der Waals surface area contributed by atoms with Crippen LogP contribution in [0.4, 0.5) is 0 Å². The minimum Gasteiger partial charge on any atom is -0.303 e. The molecule has 15 heavy (non-hydrogen) atoms. The summed E-state index contributed by atoms with van der Waals surface area (Å²) in [5.74, 6) is 0.660. The predicted molar refractivity (Wildman–Crippen MR) is 64.7 cm³/mol. The van der Waals surface area contributed by atoms with E-state index in [1.807, 2.05) is 13.8 Å². The van der Waals surface area contributed by atoms with Crippen molar-refractivity contribution >= 4 is 6.29 Å². The Hall–Kier alpha value is -0.850. The largest absolute Gasteiger partial charge is 0.303 e.